The molecule has 0 aromatic heterocycles. The van der Waals surface area contributed by atoms with E-state index in [9.17, 15) is 5.11 Å². The Morgan fingerprint density at radius 3 is 1.49 bits per heavy atom. The Kier molecular flexibility index (Phi) is 24.1. The Morgan fingerprint density at radius 2 is 1.00 bits per heavy atom. The minimum atomic E-state index is -0.621. The fraction of sp³-hybridized carbons (Fsp3) is 0.722. The molecule has 1 unspecified atom stereocenters. The quantitative estimate of drug-likeness (QED) is 0.0839. The minimum absolute atomic E-state index is 0.0228. The van der Waals surface area contributed by atoms with Crippen LogP contribution in [0.3, 0.4) is 0 Å². The smallest absolute Gasteiger partial charge is 0.0885 e. The highest BCUT2D eigenvalue weighted by atomic mass is 16.6. The van der Waals surface area contributed by atoms with E-state index in [1.807, 2.05) is 13.8 Å². The summed E-state index contributed by atoms with van der Waals surface area (Å²) in [4.78, 5) is 0. The fourth-order valence-electron chi connectivity index (χ4n) is 4.31. The van der Waals surface area contributed by atoms with Gasteiger partial charge in [-0.25, -0.2) is 0 Å². The number of aliphatic hydroxyl groups is 2. The average molecular weight is 577 g/mol. The Labute approximate surface area is 253 Å². The zero-order valence-corrected chi connectivity index (χ0v) is 27.9. The van der Waals surface area contributed by atoms with E-state index in [4.69, 9.17) is 19.3 Å². The summed E-state index contributed by atoms with van der Waals surface area (Å²) in [6.45, 7) is 19.2. The lowest BCUT2D eigenvalue weighted by Gasteiger charge is -2.31. The van der Waals surface area contributed by atoms with Crippen LogP contribution in [-0.4, -0.2) is 61.6 Å². The van der Waals surface area contributed by atoms with Crippen molar-refractivity contribution < 1.29 is 24.4 Å². The first-order valence-corrected chi connectivity index (χ1v) is 15.8. The maximum Gasteiger partial charge on any atom is 0.0885 e. The normalized spacial score (nSPS) is 14.5. The summed E-state index contributed by atoms with van der Waals surface area (Å²) >= 11 is 0. The first-order chi connectivity index (χ1) is 19.5. The summed E-state index contributed by atoms with van der Waals surface area (Å²) in [5.41, 5.74) is 6.55. The number of aliphatic hydroxyl groups excluding tert-OH is 2. The Balaban J connectivity index is 4.14. The standard InChI is InChI=1S/C36H64O5/c1-30(2)14-11-17-33(5)20-12-18-31(3)15-9-10-16-32(4)19-13-21-34(6)22-23-35(38)36(7,8)41-29-28-40-27-26-39-25-24-37/h14-16,20-21,35,37-38H,9-13,17-19,22-29H2,1-8H3/b31-15+,32-16+,33-20+,34-21+. The molecule has 0 aliphatic heterocycles. The molecule has 5 heteroatoms. The number of allylic oxidation sites excluding steroid dienone is 10. The maximum atomic E-state index is 10.7. The molecule has 5 nitrogen and oxygen atoms in total. The van der Waals surface area contributed by atoms with E-state index in [0.717, 1.165) is 51.4 Å². The molecule has 0 fully saturated rings. The molecule has 0 spiro atoms. The van der Waals surface area contributed by atoms with Gasteiger partial charge in [0.1, 0.15) is 0 Å². The molecule has 0 rings (SSSR count). The van der Waals surface area contributed by atoms with Gasteiger partial charge in [0.15, 0.2) is 0 Å². The number of rotatable bonds is 25. The molecule has 0 saturated carbocycles. The SMILES string of the molecule is CC(C)=CCC/C(C)=C/CC/C(C)=C/CC/C=C(\C)CC/C=C(\C)CCC(O)C(C)(C)OCCOCCOCCO. The van der Waals surface area contributed by atoms with Crippen LogP contribution in [0.15, 0.2) is 58.2 Å². The van der Waals surface area contributed by atoms with Gasteiger partial charge in [-0.3, -0.25) is 0 Å². The number of hydrogen-bond acceptors (Lipinski definition) is 5. The molecule has 0 saturated heterocycles. The highest BCUT2D eigenvalue weighted by Crippen LogP contribution is 2.21. The van der Waals surface area contributed by atoms with Gasteiger partial charge in [-0.15, -0.1) is 0 Å². The van der Waals surface area contributed by atoms with Crippen molar-refractivity contribution in [1.29, 1.82) is 0 Å². The van der Waals surface area contributed by atoms with Crippen molar-refractivity contribution in [2.45, 2.75) is 131 Å². The topological polar surface area (TPSA) is 68.2 Å². The average Bonchev–Trinajstić information content (AvgIpc) is 2.91. The highest BCUT2D eigenvalue weighted by Gasteiger charge is 2.28. The van der Waals surface area contributed by atoms with Crippen LogP contribution in [0.4, 0.5) is 0 Å². The van der Waals surface area contributed by atoms with Crippen LogP contribution in [0.1, 0.15) is 120 Å². The van der Waals surface area contributed by atoms with Gasteiger partial charge in [0.2, 0.25) is 0 Å². The second-order valence-corrected chi connectivity index (χ2v) is 12.1. The fourth-order valence-corrected chi connectivity index (χ4v) is 4.31. The van der Waals surface area contributed by atoms with Crippen LogP contribution in [0.2, 0.25) is 0 Å². The molecule has 0 aliphatic carbocycles. The van der Waals surface area contributed by atoms with Crippen molar-refractivity contribution in [2.75, 3.05) is 39.6 Å². The molecule has 0 heterocycles. The van der Waals surface area contributed by atoms with E-state index in [1.165, 1.54) is 34.3 Å². The van der Waals surface area contributed by atoms with Crippen LogP contribution in [0.25, 0.3) is 0 Å². The predicted molar refractivity (Wildman–Crippen MR) is 175 cm³/mol. The third-order valence-electron chi connectivity index (χ3n) is 7.23. The third kappa shape index (κ3) is 24.8. The molecule has 0 amide bonds. The predicted octanol–water partition coefficient (Wildman–Crippen LogP) is 8.82. The molecular weight excluding hydrogens is 512 g/mol. The molecular formula is C36H64O5. The van der Waals surface area contributed by atoms with Gasteiger partial charge in [-0.05, 0) is 120 Å². The zero-order chi connectivity index (χ0) is 30.9. The van der Waals surface area contributed by atoms with E-state index in [2.05, 4.69) is 71.9 Å². The summed E-state index contributed by atoms with van der Waals surface area (Å²) in [6.07, 6.45) is 21.8. The lowest BCUT2D eigenvalue weighted by atomic mass is 9.95. The lowest BCUT2D eigenvalue weighted by Crippen LogP contribution is -2.40. The molecule has 0 aliphatic rings. The van der Waals surface area contributed by atoms with Crippen molar-refractivity contribution in [2.24, 2.45) is 0 Å². The molecule has 238 valence electrons. The monoisotopic (exact) mass is 576 g/mol. The van der Waals surface area contributed by atoms with Crippen molar-refractivity contribution in [1.82, 2.24) is 0 Å². The van der Waals surface area contributed by atoms with Crippen molar-refractivity contribution in [3.63, 3.8) is 0 Å². The van der Waals surface area contributed by atoms with Gasteiger partial charge < -0.3 is 24.4 Å². The van der Waals surface area contributed by atoms with Gasteiger partial charge in [0.05, 0.1) is 51.3 Å². The summed E-state index contributed by atoms with van der Waals surface area (Å²) in [7, 11) is 0. The Bertz CT molecular complexity index is 812. The molecule has 0 aromatic rings. The largest absolute Gasteiger partial charge is 0.394 e. The molecule has 2 N–H and O–H groups in total. The van der Waals surface area contributed by atoms with Crippen molar-refractivity contribution in [3.8, 4) is 0 Å². The first-order valence-electron chi connectivity index (χ1n) is 15.8. The summed E-state index contributed by atoms with van der Waals surface area (Å²) in [5, 5.41) is 19.3. The van der Waals surface area contributed by atoms with Gasteiger partial charge in [0.25, 0.3) is 0 Å². The van der Waals surface area contributed by atoms with Crippen LogP contribution in [0, 0.1) is 0 Å². The van der Waals surface area contributed by atoms with Crippen molar-refractivity contribution in [3.05, 3.63) is 58.2 Å². The Hall–Kier alpha value is -1.50. The van der Waals surface area contributed by atoms with Gasteiger partial charge in [-0.2, -0.15) is 0 Å². The van der Waals surface area contributed by atoms with Crippen LogP contribution in [-0.2, 0) is 14.2 Å². The maximum absolute atomic E-state index is 10.7. The van der Waals surface area contributed by atoms with Crippen LogP contribution in [0.5, 0.6) is 0 Å². The first kappa shape index (κ1) is 39.5. The van der Waals surface area contributed by atoms with Gasteiger partial charge >= 0.3 is 0 Å². The molecule has 1 atom stereocenters. The number of hydrogen-bond donors (Lipinski definition) is 2. The molecule has 41 heavy (non-hydrogen) atoms. The summed E-state index contributed by atoms with van der Waals surface area (Å²) in [5.74, 6) is 0. The van der Waals surface area contributed by atoms with E-state index in [1.54, 1.807) is 0 Å². The summed E-state index contributed by atoms with van der Waals surface area (Å²) < 4.78 is 16.5. The number of ether oxygens (including phenoxy) is 3. The second kappa shape index (κ2) is 25.0. The second-order valence-electron chi connectivity index (χ2n) is 12.1. The Morgan fingerprint density at radius 1 is 0.585 bits per heavy atom. The van der Waals surface area contributed by atoms with Crippen LogP contribution < -0.4 is 0 Å². The highest BCUT2D eigenvalue weighted by molar-refractivity contribution is 5.07. The number of unbranched alkanes of at least 4 members (excludes halogenated alkanes) is 1. The molecule has 0 aromatic carbocycles. The lowest BCUT2D eigenvalue weighted by molar-refractivity contribution is -0.116. The van der Waals surface area contributed by atoms with E-state index < -0.39 is 11.7 Å². The van der Waals surface area contributed by atoms with Gasteiger partial charge in [0, 0.05) is 0 Å². The molecule has 0 bridgehead atoms. The third-order valence-corrected chi connectivity index (χ3v) is 7.23. The van der Waals surface area contributed by atoms with E-state index in [-0.39, 0.29) is 6.61 Å². The summed E-state index contributed by atoms with van der Waals surface area (Å²) in [6, 6.07) is 0. The van der Waals surface area contributed by atoms with Crippen LogP contribution >= 0.6 is 0 Å². The van der Waals surface area contributed by atoms with E-state index in [0.29, 0.717) is 39.5 Å². The van der Waals surface area contributed by atoms with Crippen molar-refractivity contribution >= 4 is 0 Å². The molecule has 0 radical (unpaired) electrons. The zero-order valence-electron chi connectivity index (χ0n) is 27.9. The van der Waals surface area contributed by atoms with Gasteiger partial charge in [-0.1, -0.05) is 58.2 Å². The minimum Gasteiger partial charge on any atom is -0.394 e. The van der Waals surface area contributed by atoms with E-state index >= 15 is 0 Å².